The van der Waals surface area contributed by atoms with Crippen LogP contribution in [0.4, 0.5) is 0 Å². The van der Waals surface area contributed by atoms with Gasteiger partial charge in [-0.1, -0.05) is 32.9 Å². The predicted octanol–water partition coefficient (Wildman–Crippen LogP) is 3.16. The molecule has 1 N–H and O–H groups in total. The number of hydrogen-bond donors (Lipinski definition) is 1. The molecule has 0 aliphatic carbocycles. The van der Waals surface area contributed by atoms with E-state index >= 15 is 0 Å². The molecule has 0 amide bonds. The molecule has 0 saturated carbocycles. The molecule has 3 heteroatoms. The van der Waals surface area contributed by atoms with Crippen molar-refractivity contribution in [2.24, 2.45) is 5.41 Å². The number of hydrogen-bond acceptors (Lipinski definition) is 3. The molecule has 1 aliphatic heterocycles. The third-order valence-corrected chi connectivity index (χ3v) is 3.36. The maximum Gasteiger partial charge on any atom is 0.119 e. The maximum absolute atomic E-state index is 6.23. The Morgan fingerprint density at radius 1 is 1.32 bits per heavy atom. The van der Waals surface area contributed by atoms with E-state index in [1.165, 1.54) is 5.56 Å². The van der Waals surface area contributed by atoms with Crippen LogP contribution >= 0.6 is 0 Å². The Bertz CT molecular complexity index is 411. The van der Waals surface area contributed by atoms with Gasteiger partial charge in [-0.3, -0.25) is 0 Å². The Labute approximate surface area is 116 Å². The average Bonchev–Trinajstić information content (AvgIpc) is 2.37. The molecule has 2 unspecified atom stereocenters. The Hall–Kier alpha value is -1.06. The van der Waals surface area contributed by atoms with Gasteiger partial charge >= 0.3 is 0 Å². The quantitative estimate of drug-likeness (QED) is 0.908. The summed E-state index contributed by atoms with van der Waals surface area (Å²) in [4.78, 5) is 0. The summed E-state index contributed by atoms with van der Waals surface area (Å²) in [5.74, 6) is 0.888. The van der Waals surface area contributed by atoms with E-state index in [0.717, 1.165) is 25.3 Å². The lowest BCUT2D eigenvalue weighted by atomic mass is 9.88. The van der Waals surface area contributed by atoms with Gasteiger partial charge in [0.2, 0.25) is 0 Å². The molecule has 0 spiro atoms. The second-order valence-electron chi connectivity index (χ2n) is 6.45. The number of nitrogens with one attached hydrogen (secondary N) is 1. The van der Waals surface area contributed by atoms with Gasteiger partial charge < -0.3 is 14.8 Å². The van der Waals surface area contributed by atoms with Gasteiger partial charge in [-0.2, -0.15) is 0 Å². The van der Waals surface area contributed by atoms with Gasteiger partial charge in [-0.05, 0) is 29.5 Å². The highest BCUT2D eigenvalue weighted by atomic mass is 16.5. The van der Waals surface area contributed by atoms with Crippen LogP contribution < -0.4 is 10.1 Å². The molecule has 1 saturated heterocycles. The van der Waals surface area contributed by atoms with Crippen LogP contribution in [0.2, 0.25) is 0 Å². The van der Waals surface area contributed by atoms with Gasteiger partial charge in [0.1, 0.15) is 5.75 Å². The monoisotopic (exact) mass is 263 g/mol. The van der Waals surface area contributed by atoms with Crippen molar-refractivity contribution >= 4 is 0 Å². The minimum atomic E-state index is 0.121. The molecule has 0 radical (unpaired) electrons. The minimum absolute atomic E-state index is 0.121. The Morgan fingerprint density at radius 2 is 2.11 bits per heavy atom. The van der Waals surface area contributed by atoms with Crippen molar-refractivity contribution in [3.63, 3.8) is 0 Å². The van der Waals surface area contributed by atoms with E-state index in [-0.39, 0.29) is 12.2 Å². The van der Waals surface area contributed by atoms with E-state index in [4.69, 9.17) is 9.47 Å². The first-order valence-corrected chi connectivity index (χ1v) is 6.98. The number of ether oxygens (including phenoxy) is 2. The van der Waals surface area contributed by atoms with Gasteiger partial charge in [0.15, 0.2) is 0 Å². The third kappa shape index (κ3) is 4.22. The van der Waals surface area contributed by atoms with E-state index in [1.54, 1.807) is 7.11 Å². The van der Waals surface area contributed by atoms with Crippen molar-refractivity contribution in [1.29, 1.82) is 0 Å². The Balaban J connectivity index is 2.04. The number of morpholine rings is 1. The maximum atomic E-state index is 6.23. The lowest BCUT2D eigenvalue weighted by Gasteiger charge is -2.34. The topological polar surface area (TPSA) is 30.5 Å². The summed E-state index contributed by atoms with van der Waals surface area (Å²) in [6.45, 7) is 8.58. The smallest absolute Gasteiger partial charge is 0.119 e. The number of benzene rings is 1. The fourth-order valence-corrected chi connectivity index (χ4v) is 2.55. The standard InChI is InChI=1S/C16H25NO2/c1-16(2,3)9-14-10-17-11-15(19-14)12-6-5-7-13(8-12)18-4/h5-8,14-15,17H,9-11H2,1-4H3. The van der Waals surface area contributed by atoms with Crippen LogP contribution in [0, 0.1) is 5.41 Å². The zero-order valence-electron chi connectivity index (χ0n) is 12.4. The van der Waals surface area contributed by atoms with Crippen LogP contribution in [0.1, 0.15) is 38.9 Å². The van der Waals surface area contributed by atoms with Crippen LogP contribution in [0.5, 0.6) is 5.75 Å². The van der Waals surface area contributed by atoms with Gasteiger partial charge in [-0.25, -0.2) is 0 Å². The Morgan fingerprint density at radius 3 is 2.79 bits per heavy atom. The van der Waals surface area contributed by atoms with Crippen LogP contribution in [0.15, 0.2) is 24.3 Å². The average molecular weight is 263 g/mol. The predicted molar refractivity (Wildman–Crippen MR) is 77.5 cm³/mol. The van der Waals surface area contributed by atoms with E-state index in [1.807, 2.05) is 12.1 Å². The molecule has 106 valence electrons. The van der Waals surface area contributed by atoms with Gasteiger partial charge in [-0.15, -0.1) is 0 Å². The van der Waals surface area contributed by atoms with Gasteiger partial charge in [0.25, 0.3) is 0 Å². The molecule has 2 rings (SSSR count). The first-order valence-electron chi connectivity index (χ1n) is 6.98. The fraction of sp³-hybridized carbons (Fsp3) is 0.625. The first kappa shape index (κ1) is 14.4. The zero-order valence-corrected chi connectivity index (χ0v) is 12.4. The van der Waals surface area contributed by atoms with Crippen LogP contribution in [-0.2, 0) is 4.74 Å². The molecule has 1 aromatic carbocycles. The van der Waals surface area contributed by atoms with Crippen molar-refractivity contribution in [3.05, 3.63) is 29.8 Å². The van der Waals surface area contributed by atoms with Gasteiger partial charge in [0, 0.05) is 13.1 Å². The van der Waals surface area contributed by atoms with Crippen LogP contribution in [0.3, 0.4) is 0 Å². The van der Waals surface area contributed by atoms with Gasteiger partial charge in [0.05, 0.1) is 19.3 Å². The molecule has 0 bridgehead atoms. The molecule has 1 aliphatic rings. The summed E-state index contributed by atoms with van der Waals surface area (Å²) >= 11 is 0. The lowest BCUT2D eigenvalue weighted by Crippen LogP contribution is -2.42. The van der Waals surface area contributed by atoms with E-state index < -0.39 is 0 Å². The Kier molecular flexibility index (Phi) is 4.48. The van der Waals surface area contributed by atoms with E-state index in [9.17, 15) is 0 Å². The summed E-state index contributed by atoms with van der Waals surface area (Å²) in [6.07, 6.45) is 1.47. The molecule has 1 fully saturated rings. The minimum Gasteiger partial charge on any atom is -0.497 e. The largest absolute Gasteiger partial charge is 0.497 e. The molecule has 3 nitrogen and oxygen atoms in total. The SMILES string of the molecule is COc1cccc(C2CNCC(CC(C)(C)C)O2)c1. The zero-order chi connectivity index (χ0) is 13.9. The molecular formula is C16H25NO2. The highest BCUT2D eigenvalue weighted by Crippen LogP contribution is 2.29. The molecule has 1 heterocycles. The molecule has 0 aromatic heterocycles. The van der Waals surface area contributed by atoms with E-state index in [2.05, 4.69) is 38.2 Å². The lowest BCUT2D eigenvalue weighted by molar-refractivity contribution is -0.0553. The molecule has 1 aromatic rings. The van der Waals surface area contributed by atoms with Crippen molar-refractivity contribution < 1.29 is 9.47 Å². The van der Waals surface area contributed by atoms with E-state index in [0.29, 0.717) is 5.41 Å². The van der Waals surface area contributed by atoms with Crippen molar-refractivity contribution in [2.45, 2.75) is 39.4 Å². The van der Waals surface area contributed by atoms with Crippen LogP contribution in [0.25, 0.3) is 0 Å². The highest BCUT2D eigenvalue weighted by molar-refractivity contribution is 5.30. The summed E-state index contributed by atoms with van der Waals surface area (Å²) in [6, 6.07) is 8.15. The molecule has 19 heavy (non-hydrogen) atoms. The van der Waals surface area contributed by atoms with Crippen molar-refractivity contribution in [1.82, 2.24) is 5.32 Å². The molecule has 2 atom stereocenters. The summed E-state index contributed by atoms with van der Waals surface area (Å²) in [5.41, 5.74) is 1.48. The molecular weight excluding hydrogens is 238 g/mol. The number of methoxy groups -OCH3 is 1. The highest BCUT2D eigenvalue weighted by Gasteiger charge is 2.27. The first-order chi connectivity index (χ1) is 8.98. The second-order valence-corrected chi connectivity index (χ2v) is 6.45. The summed E-state index contributed by atoms with van der Waals surface area (Å²) in [7, 11) is 1.70. The fourth-order valence-electron chi connectivity index (χ4n) is 2.55. The summed E-state index contributed by atoms with van der Waals surface area (Å²) < 4.78 is 11.5. The normalized spacial score (nSPS) is 24.2. The van der Waals surface area contributed by atoms with Crippen LogP contribution in [-0.4, -0.2) is 26.3 Å². The van der Waals surface area contributed by atoms with Crippen molar-refractivity contribution in [3.8, 4) is 5.75 Å². The second kappa shape index (κ2) is 5.93. The van der Waals surface area contributed by atoms with Crippen molar-refractivity contribution in [2.75, 3.05) is 20.2 Å². The third-order valence-electron chi connectivity index (χ3n) is 3.36. The summed E-state index contributed by atoms with van der Waals surface area (Å²) in [5, 5.41) is 3.48. The number of rotatable bonds is 3.